The lowest BCUT2D eigenvalue weighted by Gasteiger charge is -2.03. The first-order valence-electron chi connectivity index (χ1n) is 10.4. The summed E-state index contributed by atoms with van der Waals surface area (Å²) in [5.74, 6) is 1.14. The standard InChI is InChI=1S/C26H22N4O4/c31-17-33-25-13-9-23(10-14-25)29-27-21-5-1-19(2-6-21)20-3-7-22(8-4-20)28-30-24-11-15-26(16-12-24)34-18-32/h1-16,31-32H,17-18H2. The Kier molecular flexibility index (Phi) is 7.68. The van der Waals surface area contributed by atoms with Gasteiger partial charge in [0.2, 0.25) is 0 Å². The minimum absolute atomic E-state index is 0.364. The first kappa shape index (κ1) is 22.8. The van der Waals surface area contributed by atoms with Crippen LogP contribution >= 0.6 is 0 Å². The lowest BCUT2D eigenvalue weighted by molar-refractivity contribution is 0.0981. The number of hydrogen-bond donors (Lipinski definition) is 2. The van der Waals surface area contributed by atoms with Crippen LogP contribution in [0.2, 0.25) is 0 Å². The number of benzene rings is 4. The summed E-state index contributed by atoms with van der Waals surface area (Å²) in [6.07, 6.45) is 0. The highest BCUT2D eigenvalue weighted by Gasteiger charge is 2.00. The normalized spacial score (nSPS) is 11.2. The molecular weight excluding hydrogens is 432 g/mol. The molecule has 0 bridgehead atoms. The molecule has 0 amide bonds. The Labute approximate surface area is 196 Å². The summed E-state index contributed by atoms with van der Waals surface area (Å²) in [5, 5.41) is 34.5. The van der Waals surface area contributed by atoms with E-state index in [-0.39, 0.29) is 13.6 Å². The Morgan fingerprint density at radius 2 is 0.676 bits per heavy atom. The fourth-order valence-corrected chi connectivity index (χ4v) is 3.04. The number of azo groups is 2. The molecule has 8 nitrogen and oxygen atoms in total. The van der Waals surface area contributed by atoms with Gasteiger partial charge in [-0.2, -0.15) is 20.5 Å². The second-order valence-electron chi connectivity index (χ2n) is 7.03. The SMILES string of the molecule is OCOc1ccc(N=Nc2ccc(-c3ccc(N=Nc4ccc(OCO)cc4)cc3)cc2)cc1. The zero-order chi connectivity index (χ0) is 23.6. The minimum Gasteiger partial charge on any atom is -0.468 e. The van der Waals surface area contributed by atoms with E-state index in [0.717, 1.165) is 22.5 Å². The summed E-state index contributed by atoms with van der Waals surface area (Å²) >= 11 is 0. The molecule has 0 aliphatic rings. The fourth-order valence-electron chi connectivity index (χ4n) is 3.04. The number of ether oxygens (including phenoxy) is 2. The Hall–Kier alpha value is -4.40. The minimum atomic E-state index is -0.364. The van der Waals surface area contributed by atoms with Gasteiger partial charge in [0.1, 0.15) is 11.5 Å². The van der Waals surface area contributed by atoms with Crippen LogP contribution in [0.4, 0.5) is 22.7 Å². The molecule has 0 heterocycles. The van der Waals surface area contributed by atoms with Gasteiger partial charge in [0.25, 0.3) is 0 Å². The van der Waals surface area contributed by atoms with Crippen LogP contribution in [0.15, 0.2) is 118 Å². The number of aliphatic hydroxyl groups is 2. The topological polar surface area (TPSA) is 108 Å². The van der Waals surface area contributed by atoms with Crippen molar-refractivity contribution in [1.82, 2.24) is 0 Å². The molecule has 4 rings (SSSR count). The average Bonchev–Trinajstić information content (AvgIpc) is 2.89. The molecule has 0 saturated carbocycles. The second-order valence-corrected chi connectivity index (χ2v) is 7.03. The third-order valence-corrected chi connectivity index (χ3v) is 4.77. The van der Waals surface area contributed by atoms with Gasteiger partial charge in [-0.05, 0) is 83.9 Å². The van der Waals surface area contributed by atoms with Crippen LogP contribution in [0.3, 0.4) is 0 Å². The zero-order valence-corrected chi connectivity index (χ0v) is 18.2. The molecule has 0 saturated heterocycles. The van der Waals surface area contributed by atoms with E-state index in [2.05, 4.69) is 20.5 Å². The van der Waals surface area contributed by atoms with E-state index in [1.54, 1.807) is 48.5 Å². The third-order valence-electron chi connectivity index (χ3n) is 4.77. The monoisotopic (exact) mass is 454 g/mol. The summed E-state index contributed by atoms with van der Waals surface area (Å²) in [5.41, 5.74) is 4.95. The molecular formula is C26H22N4O4. The van der Waals surface area contributed by atoms with Gasteiger partial charge in [-0.3, -0.25) is 0 Å². The predicted molar refractivity (Wildman–Crippen MR) is 129 cm³/mol. The molecule has 0 aliphatic carbocycles. The predicted octanol–water partition coefficient (Wildman–Crippen LogP) is 6.84. The van der Waals surface area contributed by atoms with Crippen molar-refractivity contribution >= 4 is 22.7 Å². The molecule has 170 valence electrons. The van der Waals surface area contributed by atoms with Crippen LogP contribution < -0.4 is 9.47 Å². The average molecular weight is 454 g/mol. The van der Waals surface area contributed by atoms with E-state index >= 15 is 0 Å². The van der Waals surface area contributed by atoms with Crippen LogP contribution in [0.25, 0.3) is 11.1 Å². The van der Waals surface area contributed by atoms with Crippen LogP contribution in [0, 0.1) is 0 Å². The van der Waals surface area contributed by atoms with Crippen molar-refractivity contribution in [3.8, 4) is 22.6 Å². The molecule has 0 spiro atoms. The quantitative estimate of drug-likeness (QED) is 0.213. The largest absolute Gasteiger partial charge is 0.468 e. The summed E-state index contributed by atoms with van der Waals surface area (Å²) in [4.78, 5) is 0. The highest BCUT2D eigenvalue weighted by Crippen LogP contribution is 2.27. The molecule has 0 unspecified atom stereocenters. The van der Waals surface area contributed by atoms with Crippen molar-refractivity contribution in [3.05, 3.63) is 97.1 Å². The van der Waals surface area contributed by atoms with Gasteiger partial charge in [-0.25, -0.2) is 0 Å². The number of hydrogen-bond acceptors (Lipinski definition) is 8. The molecule has 4 aromatic rings. The second kappa shape index (κ2) is 11.5. The Bertz CT molecular complexity index is 1140. The van der Waals surface area contributed by atoms with E-state index in [9.17, 15) is 0 Å². The summed E-state index contributed by atoms with van der Waals surface area (Å²) in [6, 6.07) is 29.5. The lowest BCUT2D eigenvalue weighted by Crippen LogP contribution is -1.93. The Morgan fingerprint density at radius 1 is 0.412 bits per heavy atom. The van der Waals surface area contributed by atoms with Crippen molar-refractivity contribution in [1.29, 1.82) is 0 Å². The molecule has 2 N–H and O–H groups in total. The van der Waals surface area contributed by atoms with E-state index < -0.39 is 0 Å². The maximum atomic E-state index is 8.77. The first-order valence-corrected chi connectivity index (χ1v) is 10.4. The lowest BCUT2D eigenvalue weighted by atomic mass is 10.1. The van der Waals surface area contributed by atoms with Crippen molar-refractivity contribution in [2.75, 3.05) is 13.6 Å². The summed E-state index contributed by atoms with van der Waals surface area (Å²) in [7, 11) is 0. The summed E-state index contributed by atoms with van der Waals surface area (Å²) in [6.45, 7) is -0.727. The smallest absolute Gasteiger partial charge is 0.186 e. The Morgan fingerprint density at radius 3 is 0.941 bits per heavy atom. The van der Waals surface area contributed by atoms with Crippen molar-refractivity contribution in [2.45, 2.75) is 0 Å². The number of nitrogens with zero attached hydrogens (tertiary/aromatic N) is 4. The van der Waals surface area contributed by atoms with Crippen molar-refractivity contribution < 1.29 is 19.7 Å². The molecule has 34 heavy (non-hydrogen) atoms. The highest BCUT2D eigenvalue weighted by atomic mass is 16.6. The molecule has 4 aromatic carbocycles. The zero-order valence-electron chi connectivity index (χ0n) is 18.2. The fraction of sp³-hybridized carbons (Fsp3) is 0.0769. The molecule has 8 heteroatoms. The first-order chi connectivity index (χ1) is 16.7. The van der Waals surface area contributed by atoms with Gasteiger partial charge < -0.3 is 19.7 Å². The van der Waals surface area contributed by atoms with Gasteiger partial charge in [-0.15, -0.1) is 0 Å². The van der Waals surface area contributed by atoms with Gasteiger partial charge in [0.05, 0.1) is 22.7 Å². The molecule has 0 fully saturated rings. The van der Waals surface area contributed by atoms with Crippen LogP contribution in [0.5, 0.6) is 11.5 Å². The summed E-state index contributed by atoms with van der Waals surface area (Å²) < 4.78 is 9.98. The molecule has 0 aromatic heterocycles. The number of aliphatic hydroxyl groups excluding tert-OH is 2. The maximum Gasteiger partial charge on any atom is 0.186 e. The molecule has 0 atom stereocenters. The Balaban J connectivity index is 1.37. The third kappa shape index (κ3) is 6.32. The van der Waals surface area contributed by atoms with E-state index in [1.165, 1.54) is 0 Å². The molecule has 0 aliphatic heterocycles. The van der Waals surface area contributed by atoms with Crippen molar-refractivity contribution in [3.63, 3.8) is 0 Å². The van der Waals surface area contributed by atoms with Gasteiger partial charge in [0.15, 0.2) is 13.6 Å². The number of rotatable bonds is 9. The van der Waals surface area contributed by atoms with Crippen molar-refractivity contribution in [2.24, 2.45) is 20.5 Å². The van der Waals surface area contributed by atoms with Crippen LogP contribution in [0.1, 0.15) is 0 Å². The van der Waals surface area contributed by atoms with E-state index in [4.69, 9.17) is 19.7 Å². The van der Waals surface area contributed by atoms with E-state index in [0.29, 0.717) is 22.9 Å². The highest BCUT2D eigenvalue weighted by molar-refractivity contribution is 5.67. The van der Waals surface area contributed by atoms with Crippen LogP contribution in [-0.4, -0.2) is 23.8 Å². The van der Waals surface area contributed by atoms with Gasteiger partial charge >= 0.3 is 0 Å². The van der Waals surface area contributed by atoms with Gasteiger partial charge in [0, 0.05) is 0 Å². The maximum absolute atomic E-state index is 8.77. The van der Waals surface area contributed by atoms with E-state index in [1.807, 2.05) is 48.5 Å². The van der Waals surface area contributed by atoms with Gasteiger partial charge in [-0.1, -0.05) is 24.3 Å². The molecule has 0 radical (unpaired) electrons. The van der Waals surface area contributed by atoms with Crippen LogP contribution in [-0.2, 0) is 0 Å².